The lowest BCUT2D eigenvalue weighted by Gasteiger charge is -2.50. The zero-order valence-electron chi connectivity index (χ0n) is 32.7. The highest BCUT2D eigenvalue weighted by Crippen LogP contribution is 2.38. The zero-order chi connectivity index (χ0) is 40.4. The van der Waals surface area contributed by atoms with Crippen molar-refractivity contribution in [1.29, 1.82) is 0 Å². The number of urea groups is 1. The number of piperidine rings is 2. The van der Waals surface area contributed by atoms with Gasteiger partial charge in [-0.2, -0.15) is 0 Å². The first kappa shape index (κ1) is 38.0. The second-order valence-electron chi connectivity index (χ2n) is 16.7. The van der Waals surface area contributed by atoms with Gasteiger partial charge < -0.3 is 34.9 Å². The predicted octanol–water partition coefficient (Wildman–Crippen LogP) is 3.24. The molecule has 0 spiro atoms. The molecule has 58 heavy (non-hydrogen) atoms. The molecule has 0 aliphatic carbocycles. The number of fused-ring (bicyclic) bond motifs is 4. The largest absolute Gasteiger partial charge is 0.504 e. The van der Waals surface area contributed by atoms with E-state index in [4.69, 9.17) is 0 Å². The first-order chi connectivity index (χ1) is 27.9. The number of carbonyl (C=O) groups is 4. The molecule has 3 N–H and O–H groups in total. The van der Waals surface area contributed by atoms with E-state index in [0.717, 1.165) is 62.9 Å². The van der Waals surface area contributed by atoms with Crippen molar-refractivity contribution in [2.24, 2.45) is 5.92 Å². The summed E-state index contributed by atoms with van der Waals surface area (Å²) in [6.07, 6.45) is 2.62. The normalized spacial score (nSPS) is 25.3. The van der Waals surface area contributed by atoms with Crippen molar-refractivity contribution in [3.05, 3.63) is 59.2 Å². The maximum atomic E-state index is 14.1. The summed E-state index contributed by atoms with van der Waals surface area (Å²) in [5, 5.41) is 24.3. The molecule has 0 saturated carbocycles. The van der Waals surface area contributed by atoms with Gasteiger partial charge in [0.15, 0.2) is 17.4 Å². The quantitative estimate of drug-likeness (QED) is 0.326. The second kappa shape index (κ2) is 15.0. The Morgan fingerprint density at radius 3 is 2.43 bits per heavy atom. The van der Waals surface area contributed by atoms with Crippen molar-refractivity contribution in [3.8, 4) is 17.0 Å². The van der Waals surface area contributed by atoms with Gasteiger partial charge in [0.1, 0.15) is 11.9 Å². The number of phenols is 1. The molecule has 4 atom stereocenters. The molecule has 0 bridgehead atoms. The smallest absolute Gasteiger partial charge is 0.320 e. The minimum absolute atomic E-state index is 0.0279. The van der Waals surface area contributed by atoms with E-state index < -0.39 is 29.3 Å². The van der Waals surface area contributed by atoms with E-state index in [1.54, 1.807) is 11.0 Å². The number of benzene rings is 2. The molecule has 0 radical (unpaired) electrons. The molecule has 15 nitrogen and oxygen atoms in total. The standard InChI is InChI=1S/C41H48F2N10O5/c1-23-18-48(20-25-7-9-49(10-8-25)28-4-3-26-21-52(40(57)30(26)15-28)34-5-6-36(54)45-39(34)56)19-24(2)53(23)41(58)50-11-12-51-29(22-50)17-44-38-35(51)16-33(46-47-38)31-13-27(42)14-32(43)37(31)55/h3-4,13-16,23-25,29,34,55H,5-12,17-22H2,1-2H3,(H,44,47)(H,45,54,56)/t23-,24+,29-,34-/m0/s1. The van der Waals surface area contributed by atoms with Gasteiger partial charge in [-0.3, -0.25) is 24.6 Å². The highest BCUT2D eigenvalue weighted by molar-refractivity contribution is 6.05. The molecule has 6 aliphatic rings. The fourth-order valence-corrected chi connectivity index (χ4v) is 9.95. The number of halogens is 2. The number of piperazine rings is 2. The number of anilines is 3. The van der Waals surface area contributed by atoms with Crippen molar-refractivity contribution in [2.75, 3.05) is 74.0 Å². The van der Waals surface area contributed by atoms with Crippen LogP contribution in [0.3, 0.4) is 0 Å². The minimum atomic E-state index is -1.07. The SMILES string of the molecule is C[C@@H]1CN(CC2CCN(c3ccc4c(c3)C(=O)N([C@H]3CCC(=O)NC3=O)C4)CC2)C[C@H](C)N1C(=O)N1CCN2c3cc(-c4cc(F)cc(F)c4O)nnc3NC[C@H]2C1. The molecular weight excluding hydrogens is 751 g/mol. The number of amides is 5. The lowest BCUT2D eigenvalue weighted by atomic mass is 9.94. The number of hydrogen-bond donors (Lipinski definition) is 3. The molecule has 17 heteroatoms. The Labute approximate surface area is 334 Å². The Morgan fingerprint density at radius 1 is 0.897 bits per heavy atom. The van der Waals surface area contributed by atoms with E-state index >= 15 is 0 Å². The van der Waals surface area contributed by atoms with Gasteiger partial charge in [-0.05, 0) is 68.9 Å². The van der Waals surface area contributed by atoms with Gasteiger partial charge in [0.2, 0.25) is 11.8 Å². The highest BCUT2D eigenvalue weighted by atomic mass is 19.1. The average Bonchev–Trinajstić information content (AvgIpc) is 3.53. The van der Waals surface area contributed by atoms with Gasteiger partial charge in [-0.1, -0.05) is 6.07 Å². The van der Waals surface area contributed by atoms with Gasteiger partial charge in [-0.15, -0.1) is 10.2 Å². The van der Waals surface area contributed by atoms with Crippen LogP contribution in [-0.4, -0.2) is 142 Å². The Balaban J connectivity index is 0.773. The van der Waals surface area contributed by atoms with Crippen molar-refractivity contribution < 1.29 is 33.1 Å². The molecule has 7 heterocycles. The molecule has 4 saturated heterocycles. The first-order valence-corrected chi connectivity index (χ1v) is 20.3. The van der Waals surface area contributed by atoms with Gasteiger partial charge in [0.25, 0.3) is 5.91 Å². The molecule has 9 rings (SSSR count). The van der Waals surface area contributed by atoms with Crippen LogP contribution in [0.1, 0.15) is 55.5 Å². The molecule has 306 valence electrons. The number of nitrogens with one attached hydrogen (secondary N) is 2. The number of imide groups is 1. The number of phenolic OH excluding ortho intramolecular Hbond substituents is 1. The summed E-state index contributed by atoms with van der Waals surface area (Å²) in [5.74, 6) is -2.38. The zero-order valence-corrected chi connectivity index (χ0v) is 32.7. The highest BCUT2D eigenvalue weighted by Gasteiger charge is 2.42. The first-order valence-electron chi connectivity index (χ1n) is 20.3. The summed E-state index contributed by atoms with van der Waals surface area (Å²) < 4.78 is 28.2. The van der Waals surface area contributed by atoms with Crippen LogP contribution in [0, 0.1) is 17.6 Å². The maximum absolute atomic E-state index is 14.1. The fraction of sp³-hybridized carbons (Fsp3) is 0.512. The summed E-state index contributed by atoms with van der Waals surface area (Å²) in [7, 11) is 0. The average molecular weight is 799 g/mol. The summed E-state index contributed by atoms with van der Waals surface area (Å²) in [5.41, 5.74) is 3.34. The topological polar surface area (TPSA) is 158 Å². The van der Waals surface area contributed by atoms with Crippen molar-refractivity contribution in [3.63, 3.8) is 0 Å². The Hall–Kier alpha value is -5.58. The van der Waals surface area contributed by atoms with Gasteiger partial charge >= 0.3 is 6.03 Å². The number of nitrogens with zero attached hydrogens (tertiary/aromatic N) is 8. The fourth-order valence-electron chi connectivity index (χ4n) is 9.95. The third-order valence-corrected chi connectivity index (χ3v) is 12.9. The van der Waals surface area contributed by atoms with E-state index in [2.05, 4.69) is 55.4 Å². The van der Waals surface area contributed by atoms with Crippen LogP contribution in [0.15, 0.2) is 36.4 Å². The number of carbonyl (C=O) groups excluding carboxylic acids is 4. The molecule has 6 aliphatic heterocycles. The van der Waals surface area contributed by atoms with Crippen LogP contribution < -0.4 is 20.4 Å². The van der Waals surface area contributed by atoms with E-state index in [1.807, 2.05) is 21.9 Å². The molecule has 0 unspecified atom stereocenters. The summed E-state index contributed by atoms with van der Waals surface area (Å²) in [6, 6.07) is 8.76. The number of hydrogen-bond acceptors (Lipinski definition) is 11. The van der Waals surface area contributed by atoms with Crippen LogP contribution in [-0.2, 0) is 16.1 Å². The summed E-state index contributed by atoms with van der Waals surface area (Å²) >= 11 is 0. The number of aromatic nitrogens is 2. The van der Waals surface area contributed by atoms with Crippen LogP contribution >= 0.6 is 0 Å². The molecule has 3 aromatic rings. The third kappa shape index (κ3) is 6.92. The summed E-state index contributed by atoms with van der Waals surface area (Å²) in [6.45, 7) is 11.0. The Kier molecular flexibility index (Phi) is 9.80. The van der Waals surface area contributed by atoms with Gasteiger partial charge in [-0.25, -0.2) is 13.6 Å². The van der Waals surface area contributed by atoms with Crippen LogP contribution in [0.2, 0.25) is 0 Å². The lowest BCUT2D eigenvalue weighted by molar-refractivity contribution is -0.136. The predicted molar refractivity (Wildman–Crippen MR) is 210 cm³/mol. The van der Waals surface area contributed by atoms with E-state index in [9.17, 15) is 33.1 Å². The Bertz CT molecular complexity index is 2150. The number of aromatic hydroxyl groups is 1. The Morgan fingerprint density at radius 2 is 1.67 bits per heavy atom. The lowest BCUT2D eigenvalue weighted by Crippen LogP contribution is -2.65. The van der Waals surface area contributed by atoms with E-state index in [1.165, 1.54) is 0 Å². The van der Waals surface area contributed by atoms with Gasteiger partial charge in [0, 0.05) is 107 Å². The van der Waals surface area contributed by atoms with Crippen LogP contribution in [0.4, 0.5) is 30.8 Å². The van der Waals surface area contributed by atoms with Gasteiger partial charge in [0.05, 0.1) is 17.4 Å². The minimum Gasteiger partial charge on any atom is -0.504 e. The number of rotatable bonds is 5. The molecule has 1 aromatic heterocycles. The maximum Gasteiger partial charge on any atom is 0.320 e. The summed E-state index contributed by atoms with van der Waals surface area (Å²) in [4.78, 5) is 64.2. The van der Waals surface area contributed by atoms with Crippen LogP contribution in [0.5, 0.6) is 5.75 Å². The monoisotopic (exact) mass is 798 g/mol. The molecule has 5 amide bonds. The van der Waals surface area contributed by atoms with Crippen molar-refractivity contribution in [1.82, 2.24) is 35.1 Å². The third-order valence-electron chi connectivity index (χ3n) is 12.9. The van der Waals surface area contributed by atoms with Crippen molar-refractivity contribution in [2.45, 2.75) is 70.2 Å². The van der Waals surface area contributed by atoms with E-state index in [0.29, 0.717) is 68.2 Å². The van der Waals surface area contributed by atoms with Crippen LogP contribution in [0.25, 0.3) is 11.3 Å². The molecule has 4 fully saturated rings. The van der Waals surface area contributed by atoms with E-state index in [-0.39, 0.29) is 53.6 Å². The second-order valence-corrected chi connectivity index (χ2v) is 16.7. The molecular formula is C41H48F2N10O5. The molecule has 2 aromatic carbocycles. The van der Waals surface area contributed by atoms with Crippen molar-refractivity contribution >= 4 is 40.9 Å².